The maximum absolute atomic E-state index is 12.4. The Morgan fingerprint density at radius 3 is 2.33 bits per heavy atom. The van der Waals surface area contributed by atoms with Gasteiger partial charge in [0, 0.05) is 13.6 Å². The Morgan fingerprint density at radius 2 is 1.63 bits per heavy atom. The van der Waals surface area contributed by atoms with Crippen LogP contribution in [0.3, 0.4) is 0 Å². The van der Waals surface area contributed by atoms with Gasteiger partial charge in [-0.15, -0.1) is 0 Å². The van der Waals surface area contributed by atoms with E-state index in [1.807, 2.05) is 48.5 Å². The molecule has 0 saturated carbocycles. The predicted molar refractivity (Wildman–Crippen MR) is 103 cm³/mol. The molecule has 0 aliphatic heterocycles. The van der Waals surface area contributed by atoms with Crippen LogP contribution in [0.2, 0.25) is 0 Å². The summed E-state index contributed by atoms with van der Waals surface area (Å²) in [5.74, 6) is -0.673. The number of aryl methyl sites for hydroxylation is 1. The first-order valence-corrected chi connectivity index (χ1v) is 8.72. The Hall–Kier alpha value is -3.35. The average molecular weight is 366 g/mol. The molecule has 0 bridgehead atoms. The maximum atomic E-state index is 12.4. The first-order valence-electron chi connectivity index (χ1n) is 8.72. The van der Waals surface area contributed by atoms with Gasteiger partial charge in [-0.1, -0.05) is 42.5 Å². The number of amides is 2. The SMILES string of the molecule is CC(NC(=O)Cn1c(=O)n(C)c2ccccc21)C(=O)NCc1ccccc1. The minimum Gasteiger partial charge on any atom is -0.350 e. The molecule has 0 saturated heterocycles. The van der Waals surface area contributed by atoms with Gasteiger partial charge in [0.25, 0.3) is 0 Å². The molecular weight excluding hydrogens is 344 g/mol. The Kier molecular flexibility index (Phi) is 5.40. The van der Waals surface area contributed by atoms with E-state index < -0.39 is 11.9 Å². The molecule has 3 aromatic rings. The third-order valence-electron chi connectivity index (χ3n) is 4.43. The molecule has 3 rings (SSSR count). The van der Waals surface area contributed by atoms with Gasteiger partial charge >= 0.3 is 5.69 Å². The molecule has 2 aromatic carbocycles. The van der Waals surface area contributed by atoms with Crippen molar-refractivity contribution in [1.82, 2.24) is 19.8 Å². The van der Waals surface area contributed by atoms with E-state index in [9.17, 15) is 14.4 Å². The zero-order valence-corrected chi connectivity index (χ0v) is 15.3. The van der Waals surface area contributed by atoms with Crippen molar-refractivity contribution < 1.29 is 9.59 Å². The van der Waals surface area contributed by atoms with E-state index >= 15 is 0 Å². The standard InChI is InChI=1S/C20H22N4O3/c1-14(19(26)21-12-15-8-4-3-5-9-15)22-18(25)13-24-17-11-7-6-10-16(17)23(2)20(24)27/h3-11,14H,12-13H2,1-2H3,(H,21,26)(H,22,25). The van der Waals surface area contributed by atoms with Crippen LogP contribution in [-0.4, -0.2) is 27.0 Å². The van der Waals surface area contributed by atoms with Crippen LogP contribution < -0.4 is 16.3 Å². The van der Waals surface area contributed by atoms with E-state index in [1.54, 1.807) is 20.0 Å². The predicted octanol–water partition coefficient (Wildman–Crippen LogP) is 1.16. The smallest absolute Gasteiger partial charge is 0.329 e. The molecule has 2 amide bonds. The number of imidazole rings is 1. The van der Waals surface area contributed by atoms with Crippen LogP contribution in [0, 0.1) is 0 Å². The van der Waals surface area contributed by atoms with Crippen LogP contribution in [0.4, 0.5) is 0 Å². The Labute approximate surface area is 156 Å². The summed E-state index contributed by atoms with van der Waals surface area (Å²) in [5.41, 5.74) is 2.14. The summed E-state index contributed by atoms with van der Waals surface area (Å²) in [7, 11) is 1.67. The van der Waals surface area contributed by atoms with Crippen molar-refractivity contribution in [2.24, 2.45) is 7.05 Å². The van der Waals surface area contributed by atoms with Crippen molar-refractivity contribution in [1.29, 1.82) is 0 Å². The summed E-state index contributed by atoms with van der Waals surface area (Å²) in [6.45, 7) is 1.86. The quantitative estimate of drug-likeness (QED) is 0.687. The van der Waals surface area contributed by atoms with Crippen molar-refractivity contribution >= 4 is 22.8 Å². The second-order valence-electron chi connectivity index (χ2n) is 6.41. The lowest BCUT2D eigenvalue weighted by Gasteiger charge is -2.14. The van der Waals surface area contributed by atoms with Gasteiger partial charge in [0.05, 0.1) is 11.0 Å². The molecule has 7 nitrogen and oxygen atoms in total. The molecule has 1 atom stereocenters. The molecular formula is C20H22N4O3. The average Bonchev–Trinajstić information content (AvgIpc) is 2.92. The molecule has 0 fully saturated rings. The van der Waals surface area contributed by atoms with E-state index in [-0.39, 0.29) is 18.1 Å². The third-order valence-corrected chi connectivity index (χ3v) is 4.43. The van der Waals surface area contributed by atoms with Gasteiger partial charge in [0.1, 0.15) is 12.6 Å². The first kappa shape index (κ1) is 18.4. The molecule has 0 aliphatic carbocycles. The highest BCUT2D eigenvalue weighted by atomic mass is 16.2. The number of hydrogen-bond acceptors (Lipinski definition) is 3. The van der Waals surface area contributed by atoms with Gasteiger partial charge in [-0.05, 0) is 24.6 Å². The first-order chi connectivity index (χ1) is 13.0. The number of benzene rings is 2. The fourth-order valence-corrected chi connectivity index (χ4v) is 2.95. The van der Waals surface area contributed by atoms with E-state index in [4.69, 9.17) is 0 Å². The summed E-state index contributed by atoms with van der Waals surface area (Å²) in [6.07, 6.45) is 0. The minimum absolute atomic E-state index is 0.142. The van der Waals surface area contributed by atoms with E-state index in [2.05, 4.69) is 10.6 Å². The largest absolute Gasteiger partial charge is 0.350 e. The summed E-state index contributed by atoms with van der Waals surface area (Å²) < 4.78 is 2.90. The van der Waals surface area contributed by atoms with Gasteiger partial charge in [-0.2, -0.15) is 0 Å². The normalized spacial score (nSPS) is 11.9. The highest BCUT2D eigenvalue weighted by Gasteiger charge is 2.18. The minimum atomic E-state index is -0.702. The van der Waals surface area contributed by atoms with Crippen LogP contribution in [0.5, 0.6) is 0 Å². The van der Waals surface area contributed by atoms with Gasteiger partial charge in [0.2, 0.25) is 11.8 Å². The number of carbonyl (C=O) groups is 2. The topological polar surface area (TPSA) is 85.1 Å². The number of aromatic nitrogens is 2. The van der Waals surface area contributed by atoms with Crippen molar-refractivity contribution in [2.75, 3.05) is 0 Å². The molecule has 2 N–H and O–H groups in total. The molecule has 140 valence electrons. The highest BCUT2D eigenvalue weighted by Crippen LogP contribution is 2.11. The van der Waals surface area contributed by atoms with Crippen LogP contribution >= 0.6 is 0 Å². The van der Waals surface area contributed by atoms with Crippen LogP contribution in [0.1, 0.15) is 12.5 Å². The fourth-order valence-electron chi connectivity index (χ4n) is 2.95. The lowest BCUT2D eigenvalue weighted by atomic mass is 10.2. The molecule has 1 unspecified atom stereocenters. The summed E-state index contributed by atoms with van der Waals surface area (Å²) >= 11 is 0. The van der Waals surface area contributed by atoms with Crippen molar-refractivity contribution in [3.63, 3.8) is 0 Å². The lowest BCUT2D eigenvalue weighted by molar-refractivity contribution is -0.128. The lowest BCUT2D eigenvalue weighted by Crippen LogP contribution is -2.46. The Morgan fingerprint density at radius 1 is 1.00 bits per heavy atom. The van der Waals surface area contributed by atoms with Crippen molar-refractivity contribution in [3.8, 4) is 0 Å². The zero-order chi connectivity index (χ0) is 19.4. The number of fused-ring (bicyclic) bond motifs is 1. The van der Waals surface area contributed by atoms with Crippen LogP contribution in [0.25, 0.3) is 11.0 Å². The molecule has 1 heterocycles. The molecule has 0 radical (unpaired) electrons. The van der Waals surface area contributed by atoms with Crippen LogP contribution in [0.15, 0.2) is 59.4 Å². The third kappa shape index (κ3) is 4.08. The second kappa shape index (κ2) is 7.90. The van der Waals surface area contributed by atoms with Crippen molar-refractivity contribution in [2.45, 2.75) is 26.1 Å². The number of nitrogens with zero attached hydrogens (tertiary/aromatic N) is 2. The second-order valence-corrected chi connectivity index (χ2v) is 6.41. The number of carbonyl (C=O) groups excluding carboxylic acids is 2. The van der Waals surface area contributed by atoms with Gasteiger partial charge in [-0.3, -0.25) is 18.7 Å². The molecule has 0 aliphatic rings. The summed E-state index contributed by atoms with van der Waals surface area (Å²) in [5, 5.41) is 5.43. The Bertz CT molecular complexity index is 1020. The van der Waals surface area contributed by atoms with Crippen molar-refractivity contribution in [3.05, 3.63) is 70.6 Å². The van der Waals surface area contributed by atoms with E-state index in [0.29, 0.717) is 12.1 Å². The number of rotatable bonds is 6. The van der Waals surface area contributed by atoms with Gasteiger partial charge < -0.3 is 10.6 Å². The monoisotopic (exact) mass is 366 g/mol. The Balaban J connectivity index is 1.61. The van der Waals surface area contributed by atoms with E-state index in [0.717, 1.165) is 11.1 Å². The summed E-state index contributed by atoms with van der Waals surface area (Å²) in [6, 6.07) is 16.1. The molecule has 7 heteroatoms. The van der Waals surface area contributed by atoms with E-state index in [1.165, 1.54) is 9.13 Å². The molecule has 1 aromatic heterocycles. The zero-order valence-electron chi connectivity index (χ0n) is 15.3. The number of nitrogens with one attached hydrogen (secondary N) is 2. The number of para-hydroxylation sites is 2. The van der Waals surface area contributed by atoms with Gasteiger partial charge in [0.15, 0.2) is 0 Å². The summed E-state index contributed by atoms with van der Waals surface area (Å²) in [4.78, 5) is 36.9. The fraction of sp³-hybridized carbons (Fsp3) is 0.250. The highest BCUT2D eigenvalue weighted by molar-refractivity contribution is 5.88. The molecule has 0 spiro atoms. The molecule has 27 heavy (non-hydrogen) atoms. The number of hydrogen-bond donors (Lipinski definition) is 2. The maximum Gasteiger partial charge on any atom is 0.329 e. The van der Waals surface area contributed by atoms with Gasteiger partial charge in [-0.25, -0.2) is 4.79 Å². The van der Waals surface area contributed by atoms with Crippen LogP contribution in [-0.2, 0) is 29.7 Å².